The summed E-state index contributed by atoms with van der Waals surface area (Å²) in [6.45, 7) is 7.66. The minimum Gasteiger partial charge on any atom is -0.312 e. The Balaban J connectivity index is 0.000000461. The molecule has 0 unspecified atom stereocenters. The van der Waals surface area contributed by atoms with Gasteiger partial charge in [0.1, 0.15) is 5.82 Å². The van der Waals surface area contributed by atoms with E-state index in [1.165, 1.54) is 5.56 Å². The number of fused-ring (bicyclic) bond motifs is 1. The molecular weight excluding hydrogens is 177 g/mol. The SMILES string of the molecule is CC.Cc1cc2c(cc1F)CCNC2. The lowest BCUT2D eigenvalue weighted by atomic mass is 9.99. The van der Waals surface area contributed by atoms with Crippen molar-refractivity contribution in [3.05, 3.63) is 34.6 Å². The van der Waals surface area contributed by atoms with Crippen molar-refractivity contribution < 1.29 is 4.39 Å². The van der Waals surface area contributed by atoms with Crippen LogP contribution in [0.25, 0.3) is 0 Å². The molecule has 0 amide bonds. The van der Waals surface area contributed by atoms with Gasteiger partial charge in [0.15, 0.2) is 0 Å². The maximum Gasteiger partial charge on any atom is 0.126 e. The largest absolute Gasteiger partial charge is 0.312 e. The topological polar surface area (TPSA) is 12.0 Å². The molecule has 0 atom stereocenters. The van der Waals surface area contributed by atoms with E-state index in [-0.39, 0.29) is 5.82 Å². The highest BCUT2D eigenvalue weighted by molar-refractivity contribution is 5.34. The smallest absolute Gasteiger partial charge is 0.126 e. The number of nitrogens with one attached hydrogen (secondary N) is 1. The van der Waals surface area contributed by atoms with E-state index in [4.69, 9.17) is 0 Å². The molecule has 1 N–H and O–H groups in total. The summed E-state index contributed by atoms with van der Waals surface area (Å²) >= 11 is 0. The zero-order chi connectivity index (χ0) is 10.6. The second kappa shape index (κ2) is 5.11. The Hall–Kier alpha value is -0.890. The minimum atomic E-state index is -0.0735. The predicted molar refractivity (Wildman–Crippen MR) is 57.9 cm³/mol. The molecule has 0 bridgehead atoms. The van der Waals surface area contributed by atoms with Crippen molar-refractivity contribution in [2.45, 2.75) is 33.7 Å². The lowest BCUT2D eigenvalue weighted by Gasteiger charge is -2.17. The third-order valence-corrected chi connectivity index (χ3v) is 2.37. The van der Waals surface area contributed by atoms with Crippen LogP contribution in [-0.4, -0.2) is 6.54 Å². The summed E-state index contributed by atoms with van der Waals surface area (Å²) in [5.41, 5.74) is 3.16. The minimum absolute atomic E-state index is 0.0735. The molecule has 0 spiro atoms. The Morgan fingerprint density at radius 2 is 1.93 bits per heavy atom. The fraction of sp³-hybridized carbons (Fsp3) is 0.500. The van der Waals surface area contributed by atoms with E-state index in [2.05, 4.69) is 5.32 Å². The van der Waals surface area contributed by atoms with E-state index in [9.17, 15) is 4.39 Å². The lowest BCUT2D eigenvalue weighted by molar-refractivity contribution is 0.598. The van der Waals surface area contributed by atoms with Gasteiger partial charge in [0.05, 0.1) is 0 Å². The number of hydrogen-bond donors (Lipinski definition) is 1. The summed E-state index contributed by atoms with van der Waals surface area (Å²) in [6, 6.07) is 3.61. The fourth-order valence-electron chi connectivity index (χ4n) is 1.63. The highest BCUT2D eigenvalue weighted by Crippen LogP contribution is 2.18. The van der Waals surface area contributed by atoms with Gasteiger partial charge in [-0.25, -0.2) is 4.39 Å². The van der Waals surface area contributed by atoms with Crippen LogP contribution in [-0.2, 0) is 13.0 Å². The van der Waals surface area contributed by atoms with Gasteiger partial charge in [0, 0.05) is 6.54 Å². The average molecular weight is 195 g/mol. The first kappa shape index (κ1) is 11.2. The van der Waals surface area contributed by atoms with Crippen LogP contribution in [0, 0.1) is 12.7 Å². The highest BCUT2D eigenvalue weighted by atomic mass is 19.1. The first-order valence-electron chi connectivity index (χ1n) is 5.26. The van der Waals surface area contributed by atoms with Gasteiger partial charge < -0.3 is 5.32 Å². The summed E-state index contributed by atoms with van der Waals surface area (Å²) in [4.78, 5) is 0. The zero-order valence-electron chi connectivity index (χ0n) is 9.15. The summed E-state index contributed by atoms with van der Waals surface area (Å²) < 4.78 is 13.1. The van der Waals surface area contributed by atoms with E-state index < -0.39 is 0 Å². The molecular formula is C12H18FN. The maximum atomic E-state index is 13.1. The molecule has 1 aliphatic heterocycles. The van der Waals surface area contributed by atoms with Crippen LogP contribution in [0.3, 0.4) is 0 Å². The second-order valence-electron chi connectivity index (χ2n) is 3.30. The summed E-state index contributed by atoms with van der Waals surface area (Å²) in [5.74, 6) is -0.0735. The second-order valence-corrected chi connectivity index (χ2v) is 3.30. The van der Waals surface area contributed by atoms with Gasteiger partial charge in [-0.3, -0.25) is 0 Å². The Kier molecular flexibility index (Phi) is 4.08. The third kappa shape index (κ3) is 2.32. The van der Waals surface area contributed by atoms with Crippen molar-refractivity contribution in [3.63, 3.8) is 0 Å². The van der Waals surface area contributed by atoms with Crippen LogP contribution in [0.15, 0.2) is 12.1 Å². The van der Waals surface area contributed by atoms with Gasteiger partial charge in [-0.05, 0) is 42.6 Å². The first-order chi connectivity index (χ1) is 6.77. The molecule has 0 aliphatic carbocycles. The number of aryl methyl sites for hydroxylation is 1. The maximum absolute atomic E-state index is 13.1. The van der Waals surface area contributed by atoms with Gasteiger partial charge in [-0.1, -0.05) is 19.9 Å². The number of hydrogen-bond acceptors (Lipinski definition) is 1. The molecule has 0 radical (unpaired) electrons. The molecule has 0 aromatic heterocycles. The molecule has 0 saturated heterocycles. The van der Waals surface area contributed by atoms with E-state index in [1.54, 1.807) is 6.07 Å². The van der Waals surface area contributed by atoms with Crippen molar-refractivity contribution in [2.75, 3.05) is 6.54 Å². The quantitative estimate of drug-likeness (QED) is 0.671. The van der Waals surface area contributed by atoms with Crippen LogP contribution in [0.5, 0.6) is 0 Å². The molecule has 1 aromatic rings. The van der Waals surface area contributed by atoms with Gasteiger partial charge in [0.2, 0.25) is 0 Å². The highest BCUT2D eigenvalue weighted by Gasteiger charge is 2.10. The van der Waals surface area contributed by atoms with Gasteiger partial charge >= 0.3 is 0 Å². The lowest BCUT2D eigenvalue weighted by Crippen LogP contribution is -2.23. The molecule has 0 fully saturated rings. The fourth-order valence-corrected chi connectivity index (χ4v) is 1.63. The van der Waals surface area contributed by atoms with Gasteiger partial charge in [-0.2, -0.15) is 0 Å². The summed E-state index contributed by atoms with van der Waals surface area (Å²) in [5, 5.41) is 3.27. The first-order valence-corrected chi connectivity index (χ1v) is 5.26. The summed E-state index contributed by atoms with van der Waals surface area (Å²) in [6.07, 6.45) is 0.951. The number of rotatable bonds is 0. The van der Waals surface area contributed by atoms with E-state index in [1.807, 2.05) is 26.8 Å². The van der Waals surface area contributed by atoms with Crippen LogP contribution in [0.4, 0.5) is 4.39 Å². The van der Waals surface area contributed by atoms with E-state index in [0.29, 0.717) is 0 Å². The standard InChI is InChI=1S/C10H12FN.C2H6/c1-7-4-9-6-12-3-2-8(9)5-10(7)11;1-2/h4-5,12H,2-3,6H2,1H3;1-2H3. The number of benzene rings is 1. The predicted octanol–water partition coefficient (Wildman–Crippen LogP) is 2.81. The van der Waals surface area contributed by atoms with Gasteiger partial charge in [-0.15, -0.1) is 0 Å². The van der Waals surface area contributed by atoms with Crippen molar-refractivity contribution >= 4 is 0 Å². The van der Waals surface area contributed by atoms with Gasteiger partial charge in [0.25, 0.3) is 0 Å². The molecule has 2 heteroatoms. The molecule has 1 heterocycles. The molecule has 2 rings (SSSR count). The normalized spacial score (nSPS) is 14.0. The molecule has 1 aromatic carbocycles. The Morgan fingerprint density at radius 3 is 2.64 bits per heavy atom. The van der Waals surface area contributed by atoms with Crippen LogP contribution < -0.4 is 5.32 Å². The van der Waals surface area contributed by atoms with Crippen molar-refractivity contribution in [3.8, 4) is 0 Å². The van der Waals surface area contributed by atoms with E-state index >= 15 is 0 Å². The van der Waals surface area contributed by atoms with Crippen molar-refractivity contribution in [1.29, 1.82) is 0 Å². The molecule has 14 heavy (non-hydrogen) atoms. The Labute approximate surface area is 85.3 Å². The van der Waals surface area contributed by atoms with Crippen LogP contribution in [0.2, 0.25) is 0 Å². The zero-order valence-corrected chi connectivity index (χ0v) is 9.15. The average Bonchev–Trinajstić information content (AvgIpc) is 2.23. The van der Waals surface area contributed by atoms with Crippen molar-refractivity contribution in [1.82, 2.24) is 5.32 Å². The molecule has 1 nitrogen and oxygen atoms in total. The Morgan fingerprint density at radius 1 is 1.21 bits per heavy atom. The van der Waals surface area contributed by atoms with Crippen LogP contribution >= 0.6 is 0 Å². The van der Waals surface area contributed by atoms with Crippen molar-refractivity contribution in [2.24, 2.45) is 0 Å². The Bertz CT molecular complexity index is 276. The monoisotopic (exact) mass is 195 g/mol. The third-order valence-electron chi connectivity index (χ3n) is 2.37. The summed E-state index contributed by atoms with van der Waals surface area (Å²) in [7, 11) is 0. The number of halogens is 1. The van der Waals surface area contributed by atoms with Crippen LogP contribution in [0.1, 0.15) is 30.5 Å². The molecule has 1 aliphatic rings. The molecule has 0 saturated carbocycles. The van der Waals surface area contributed by atoms with E-state index in [0.717, 1.165) is 30.6 Å². The molecule has 78 valence electrons.